The monoisotopic (exact) mass is 487 g/mol. The van der Waals surface area contributed by atoms with Gasteiger partial charge in [0.2, 0.25) is 21.8 Å². The van der Waals surface area contributed by atoms with E-state index in [1.807, 2.05) is 11.0 Å². The third-order valence-corrected chi connectivity index (χ3v) is 10.2. The highest BCUT2D eigenvalue weighted by Gasteiger charge is 2.35. The highest BCUT2D eigenvalue weighted by molar-refractivity contribution is 7.89. The minimum Gasteiger partial charge on any atom is -0.353 e. The molecule has 34 heavy (non-hydrogen) atoms. The lowest BCUT2D eigenvalue weighted by Crippen LogP contribution is -2.45. The van der Waals surface area contributed by atoms with Crippen molar-refractivity contribution in [1.82, 2.24) is 9.62 Å². The van der Waals surface area contributed by atoms with Crippen LogP contribution in [0.2, 0.25) is 0 Å². The fourth-order valence-electron chi connectivity index (χ4n) is 5.91. The first kappa shape index (κ1) is 23.8. The van der Waals surface area contributed by atoms with E-state index in [0.29, 0.717) is 37.4 Å². The third kappa shape index (κ3) is 4.76. The van der Waals surface area contributed by atoms with Crippen LogP contribution in [0.1, 0.15) is 76.2 Å². The van der Waals surface area contributed by atoms with E-state index in [1.54, 1.807) is 12.1 Å². The summed E-state index contributed by atoms with van der Waals surface area (Å²) >= 11 is 0. The largest absolute Gasteiger partial charge is 0.353 e. The van der Waals surface area contributed by atoms with Crippen molar-refractivity contribution < 1.29 is 18.0 Å². The molecule has 4 aliphatic rings. The van der Waals surface area contributed by atoms with Crippen molar-refractivity contribution in [2.75, 3.05) is 24.5 Å². The van der Waals surface area contributed by atoms with Gasteiger partial charge in [0.15, 0.2) is 0 Å². The number of hydrogen-bond acceptors (Lipinski definition) is 4. The van der Waals surface area contributed by atoms with Crippen LogP contribution in [0.5, 0.6) is 0 Å². The van der Waals surface area contributed by atoms with Crippen molar-refractivity contribution in [3.8, 4) is 0 Å². The Morgan fingerprint density at radius 2 is 1.56 bits per heavy atom. The van der Waals surface area contributed by atoms with Gasteiger partial charge in [-0.2, -0.15) is 4.31 Å². The molecule has 1 aromatic carbocycles. The molecule has 0 unspecified atom stereocenters. The number of sulfonamides is 1. The molecule has 3 fully saturated rings. The van der Waals surface area contributed by atoms with E-state index in [9.17, 15) is 18.0 Å². The molecule has 7 nitrogen and oxygen atoms in total. The van der Waals surface area contributed by atoms with Crippen molar-refractivity contribution >= 4 is 27.5 Å². The van der Waals surface area contributed by atoms with Gasteiger partial charge in [-0.05, 0) is 75.1 Å². The topological polar surface area (TPSA) is 86.8 Å². The SMILES string of the molecule is O=C(NC1CCCCC1)C1CCN(S(=O)(=O)c2ccc3c(c2)CCCN3C(=O)C2CCC2)CC1. The van der Waals surface area contributed by atoms with E-state index in [2.05, 4.69) is 5.32 Å². The number of nitrogens with zero attached hydrogens (tertiary/aromatic N) is 2. The molecule has 0 aromatic heterocycles. The van der Waals surface area contributed by atoms with Crippen LogP contribution in [0.4, 0.5) is 5.69 Å². The summed E-state index contributed by atoms with van der Waals surface area (Å²) in [6.45, 7) is 1.45. The summed E-state index contributed by atoms with van der Waals surface area (Å²) in [6.07, 6.45) is 11.5. The molecule has 186 valence electrons. The van der Waals surface area contributed by atoms with Gasteiger partial charge in [0.05, 0.1) is 4.90 Å². The molecule has 1 N–H and O–H groups in total. The van der Waals surface area contributed by atoms with E-state index < -0.39 is 10.0 Å². The van der Waals surface area contributed by atoms with Gasteiger partial charge in [0, 0.05) is 43.2 Å². The second kappa shape index (κ2) is 9.97. The lowest BCUT2D eigenvalue weighted by Gasteiger charge is -2.36. The van der Waals surface area contributed by atoms with Gasteiger partial charge in [-0.25, -0.2) is 8.42 Å². The molecule has 0 atom stereocenters. The lowest BCUT2D eigenvalue weighted by atomic mass is 9.83. The van der Waals surface area contributed by atoms with E-state index in [0.717, 1.165) is 56.2 Å². The molecule has 2 amide bonds. The summed E-state index contributed by atoms with van der Waals surface area (Å²) in [5.41, 5.74) is 1.82. The Morgan fingerprint density at radius 1 is 0.824 bits per heavy atom. The predicted octanol–water partition coefficient (Wildman–Crippen LogP) is 3.62. The maximum Gasteiger partial charge on any atom is 0.243 e. The molecular formula is C26H37N3O4S. The number of rotatable bonds is 5. The summed E-state index contributed by atoms with van der Waals surface area (Å²) in [5, 5.41) is 3.20. The molecule has 2 saturated carbocycles. The summed E-state index contributed by atoms with van der Waals surface area (Å²) in [5.74, 6) is 0.305. The number of benzene rings is 1. The van der Waals surface area contributed by atoms with Crippen LogP contribution in [0.15, 0.2) is 23.1 Å². The Kier molecular flexibility index (Phi) is 6.98. The normalized spacial score (nSPS) is 23.2. The van der Waals surface area contributed by atoms with E-state index in [1.165, 1.54) is 23.6 Å². The van der Waals surface area contributed by atoms with Crippen LogP contribution in [-0.4, -0.2) is 50.2 Å². The number of carbonyl (C=O) groups excluding carboxylic acids is 2. The zero-order valence-corrected chi connectivity index (χ0v) is 20.8. The maximum absolute atomic E-state index is 13.4. The summed E-state index contributed by atoms with van der Waals surface area (Å²) < 4.78 is 28.3. The van der Waals surface area contributed by atoms with E-state index in [-0.39, 0.29) is 29.7 Å². The molecule has 8 heteroatoms. The Morgan fingerprint density at radius 3 is 2.24 bits per heavy atom. The third-order valence-electron chi connectivity index (χ3n) is 8.30. The van der Waals surface area contributed by atoms with Crippen LogP contribution >= 0.6 is 0 Å². The van der Waals surface area contributed by atoms with E-state index >= 15 is 0 Å². The van der Waals surface area contributed by atoms with Crippen LogP contribution in [-0.2, 0) is 26.0 Å². The molecule has 1 saturated heterocycles. The number of piperidine rings is 1. The molecule has 0 bridgehead atoms. The van der Waals surface area contributed by atoms with Gasteiger partial charge in [-0.3, -0.25) is 9.59 Å². The smallest absolute Gasteiger partial charge is 0.243 e. The average molecular weight is 488 g/mol. The molecule has 2 aliphatic heterocycles. The quantitative estimate of drug-likeness (QED) is 0.687. The molecule has 0 spiro atoms. The van der Waals surface area contributed by atoms with Crippen molar-refractivity contribution in [3.05, 3.63) is 23.8 Å². The molecule has 0 radical (unpaired) electrons. The Bertz CT molecular complexity index is 1020. The van der Waals surface area contributed by atoms with Crippen molar-refractivity contribution in [2.24, 2.45) is 11.8 Å². The van der Waals surface area contributed by atoms with Crippen molar-refractivity contribution in [1.29, 1.82) is 0 Å². The number of carbonyl (C=O) groups is 2. The van der Waals surface area contributed by atoms with Gasteiger partial charge >= 0.3 is 0 Å². The molecular weight excluding hydrogens is 450 g/mol. The second-order valence-electron chi connectivity index (χ2n) is 10.5. The van der Waals surface area contributed by atoms with Crippen LogP contribution in [0.25, 0.3) is 0 Å². The zero-order chi connectivity index (χ0) is 23.7. The molecule has 1 aromatic rings. The number of hydrogen-bond donors (Lipinski definition) is 1. The maximum atomic E-state index is 13.4. The average Bonchev–Trinajstić information content (AvgIpc) is 2.83. The Balaban J connectivity index is 1.23. The first-order valence-electron chi connectivity index (χ1n) is 13.2. The number of anilines is 1. The van der Waals surface area contributed by atoms with E-state index in [4.69, 9.17) is 0 Å². The van der Waals surface area contributed by atoms with Crippen molar-refractivity contribution in [3.63, 3.8) is 0 Å². The van der Waals surface area contributed by atoms with Crippen LogP contribution in [0, 0.1) is 11.8 Å². The van der Waals surface area contributed by atoms with Gasteiger partial charge in [-0.1, -0.05) is 25.7 Å². The number of aryl methyl sites for hydroxylation is 1. The number of fused-ring (bicyclic) bond motifs is 1. The van der Waals surface area contributed by atoms with Crippen molar-refractivity contribution in [2.45, 2.75) is 88.0 Å². The minimum absolute atomic E-state index is 0.0916. The summed E-state index contributed by atoms with van der Waals surface area (Å²) in [6, 6.07) is 5.53. The molecule has 2 aliphatic carbocycles. The number of nitrogens with one attached hydrogen (secondary N) is 1. The fraction of sp³-hybridized carbons (Fsp3) is 0.692. The summed E-state index contributed by atoms with van der Waals surface area (Å²) in [7, 11) is -3.62. The predicted molar refractivity (Wildman–Crippen MR) is 131 cm³/mol. The molecule has 5 rings (SSSR count). The first-order chi connectivity index (χ1) is 16.4. The highest BCUT2D eigenvalue weighted by Crippen LogP contribution is 2.35. The zero-order valence-electron chi connectivity index (χ0n) is 20.0. The van der Waals surface area contributed by atoms with Gasteiger partial charge < -0.3 is 10.2 Å². The second-order valence-corrected chi connectivity index (χ2v) is 12.5. The molecule has 2 heterocycles. The Labute approximate surface area is 203 Å². The number of amides is 2. The lowest BCUT2D eigenvalue weighted by molar-refractivity contribution is -0.127. The Hall–Kier alpha value is -1.93. The fourth-order valence-corrected chi connectivity index (χ4v) is 7.43. The minimum atomic E-state index is -3.62. The van der Waals surface area contributed by atoms with Gasteiger partial charge in [-0.15, -0.1) is 0 Å². The van der Waals surface area contributed by atoms with Crippen LogP contribution < -0.4 is 10.2 Å². The first-order valence-corrected chi connectivity index (χ1v) is 14.6. The van der Waals surface area contributed by atoms with Crippen LogP contribution in [0.3, 0.4) is 0 Å². The summed E-state index contributed by atoms with van der Waals surface area (Å²) in [4.78, 5) is 27.7. The van der Waals surface area contributed by atoms with Gasteiger partial charge in [0.25, 0.3) is 0 Å². The highest BCUT2D eigenvalue weighted by atomic mass is 32.2. The standard InChI is InChI=1S/C26H37N3O4S/c30-25(27-22-9-2-1-3-10-22)19-13-16-28(17-14-19)34(32,33)23-11-12-24-21(18-23)8-5-15-29(24)26(31)20-6-4-7-20/h11-12,18-20,22H,1-10,13-17H2,(H,27,30). The van der Waals surface area contributed by atoms with Gasteiger partial charge in [0.1, 0.15) is 0 Å².